The minimum Gasteiger partial charge on any atom is -0.457 e. The van der Waals surface area contributed by atoms with E-state index in [1.54, 1.807) is 13.2 Å². The number of hydrogen-bond acceptors (Lipinski definition) is 5. The molecule has 0 saturated carbocycles. The van der Waals surface area contributed by atoms with Crippen molar-refractivity contribution in [3.63, 3.8) is 0 Å². The zero-order valence-electron chi connectivity index (χ0n) is 18.0. The predicted molar refractivity (Wildman–Crippen MR) is 121 cm³/mol. The number of esters is 1. The summed E-state index contributed by atoms with van der Waals surface area (Å²) >= 11 is 6.27. The van der Waals surface area contributed by atoms with Gasteiger partial charge >= 0.3 is 5.97 Å². The molecule has 0 bridgehead atoms. The van der Waals surface area contributed by atoms with Crippen molar-refractivity contribution in [1.29, 1.82) is 5.26 Å². The molecule has 6 nitrogen and oxygen atoms in total. The number of nitriles is 1. The lowest BCUT2D eigenvalue weighted by molar-refractivity contribution is -0.139. The molecule has 0 radical (unpaired) electrons. The van der Waals surface area contributed by atoms with Crippen LogP contribution in [0.2, 0.25) is 5.15 Å². The Morgan fingerprint density at radius 1 is 1.26 bits per heavy atom. The smallest absolute Gasteiger partial charge is 0.349 e. The van der Waals surface area contributed by atoms with Crippen LogP contribution in [0.4, 0.5) is 0 Å². The monoisotopic (exact) mass is 437 g/mol. The van der Waals surface area contributed by atoms with Crippen LogP contribution in [0.3, 0.4) is 0 Å². The van der Waals surface area contributed by atoms with Crippen LogP contribution in [0.15, 0.2) is 35.9 Å². The molecule has 0 aliphatic rings. The van der Waals surface area contributed by atoms with Gasteiger partial charge in [0.1, 0.15) is 23.4 Å². The number of nitrogens with zero attached hydrogens (tertiary/aromatic N) is 3. The predicted octanol–water partition coefficient (Wildman–Crippen LogP) is 4.91. The molecule has 0 spiro atoms. The van der Waals surface area contributed by atoms with E-state index in [9.17, 15) is 10.1 Å². The molecular formula is C24H24ClN3O3. The molecule has 0 N–H and O–H groups in total. The van der Waals surface area contributed by atoms with Crippen molar-refractivity contribution >= 4 is 34.5 Å². The fourth-order valence-corrected chi connectivity index (χ4v) is 3.61. The van der Waals surface area contributed by atoms with E-state index in [1.165, 1.54) is 0 Å². The van der Waals surface area contributed by atoms with Crippen LogP contribution in [0.5, 0.6) is 0 Å². The molecule has 0 atom stereocenters. The first-order valence-corrected chi connectivity index (χ1v) is 10.2. The van der Waals surface area contributed by atoms with Gasteiger partial charge in [0.05, 0.1) is 12.1 Å². The summed E-state index contributed by atoms with van der Waals surface area (Å²) in [6.07, 6.45) is 1.55. The highest BCUT2D eigenvalue weighted by Crippen LogP contribution is 2.23. The first-order chi connectivity index (χ1) is 14.8. The number of halogens is 1. The van der Waals surface area contributed by atoms with Gasteiger partial charge in [-0.3, -0.25) is 0 Å². The Morgan fingerprint density at radius 2 is 2.03 bits per heavy atom. The summed E-state index contributed by atoms with van der Waals surface area (Å²) in [4.78, 5) is 16.9. The van der Waals surface area contributed by atoms with Crippen LogP contribution in [-0.4, -0.2) is 29.2 Å². The number of rotatable bonds is 7. The number of fused-ring (bicyclic) bond motifs is 1. The third-order valence-electron chi connectivity index (χ3n) is 5.13. The number of ether oxygens (including phenoxy) is 2. The van der Waals surface area contributed by atoms with Crippen molar-refractivity contribution in [2.24, 2.45) is 0 Å². The molecule has 0 aliphatic heterocycles. The molecular weight excluding hydrogens is 414 g/mol. The SMILES string of the molecule is COCCn1c(C)cc(/C=C(\C#N)C(=O)OCc2cc3ccc(C)cc3nc2Cl)c1C. The van der Waals surface area contributed by atoms with E-state index in [0.29, 0.717) is 18.7 Å². The fourth-order valence-electron chi connectivity index (χ4n) is 3.41. The summed E-state index contributed by atoms with van der Waals surface area (Å²) in [6.45, 7) is 7.10. The van der Waals surface area contributed by atoms with Gasteiger partial charge in [-0.25, -0.2) is 9.78 Å². The summed E-state index contributed by atoms with van der Waals surface area (Å²) in [5.74, 6) is -0.704. The highest BCUT2D eigenvalue weighted by molar-refractivity contribution is 6.30. The van der Waals surface area contributed by atoms with Gasteiger partial charge in [0, 0.05) is 36.0 Å². The molecule has 2 heterocycles. The number of benzene rings is 1. The molecule has 31 heavy (non-hydrogen) atoms. The Balaban J connectivity index is 1.78. The van der Waals surface area contributed by atoms with Gasteiger partial charge in [-0.05, 0) is 56.2 Å². The van der Waals surface area contributed by atoms with E-state index in [-0.39, 0.29) is 17.3 Å². The van der Waals surface area contributed by atoms with E-state index in [4.69, 9.17) is 21.1 Å². The number of carbonyl (C=O) groups excluding carboxylic acids is 1. The Morgan fingerprint density at radius 3 is 2.74 bits per heavy atom. The Hall–Kier alpha value is -3.14. The third kappa shape index (κ3) is 5.13. The number of hydrogen-bond donors (Lipinski definition) is 0. The number of methoxy groups -OCH3 is 1. The second kappa shape index (κ2) is 9.78. The maximum atomic E-state index is 12.5. The molecule has 0 aliphatic carbocycles. The van der Waals surface area contributed by atoms with Crippen molar-refractivity contribution in [2.45, 2.75) is 33.9 Å². The van der Waals surface area contributed by atoms with Crippen LogP contribution >= 0.6 is 11.6 Å². The molecule has 160 valence electrons. The first kappa shape index (κ1) is 22.5. The van der Waals surface area contributed by atoms with Crippen LogP contribution in [-0.2, 0) is 27.4 Å². The van der Waals surface area contributed by atoms with Crippen LogP contribution in [0.25, 0.3) is 17.0 Å². The molecule has 0 fully saturated rings. The number of aromatic nitrogens is 2. The Labute approximate surface area is 186 Å². The normalized spacial score (nSPS) is 11.5. The number of pyridine rings is 1. The summed E-state index contributed by atoms with van der Waals surface area (Å²) < 4.78 is 12.6. The second-order valence-corrected chi connectivity index (χ2v) is 7.71. The zero-order valence-corrected chi connectivity index (χ0v) is 18.8. The largest absolute Gasteiger partial charge is 0.457 e. The molecule has 1 aromatic carbocycles. The quantitative estimate of drug-likeness (QED) is 0.227. The Bertz CT molecular complexity index is 1200. The Kier molecular flexibility index (Phi) is 7.11. The molecule has 3 rings (SSSR count). The minimum atomic E-state index is -0.704. The number of aryl methyl sites for hydroxylation is 2. The fraction of sp³-hybridized carbons (Fsp3) is 0.292. The number of carbonyl (C=O) groups is 1. The van der Waals surface area contributed by atoms with Gasteiger partial charge in [-0.2, -0.15) is 5.26 Å². The lowest BCUT2D eigenvalue weighted by Crippen LogP contribution is -2.08. The average molecular weight is 438 g/mol. The second-order valence-electron chi connectivity index (χ2n) is 7.35. The van der Waals surface area contributed by atoms with Gasteiger partial charge in [-0.15, -0.1) is 0 Å². The van der Waals surface area contributed by atoms with Crippen molar-refractivity contribution in [3.8, 4) is 6.07 Å². The summed E-state index contributed by atoms with van der Waals surface area (Å²) in [5.41, 5.74) is 5.14. The molecule has 0 unspecified atom stereocenters. The maximum absolute atomic E-state index is 12.5. The molecule has 0 amide bonds. The highest BCUT2D eigenvalue weighted by Gasteiger charge is 2.15. The standard InChI is InChI=1S/C24H24ClN3O3/c1-15-5-6-18-11-21(23(25)27-22(18)9-15)14-31-24(29)20(13-26)12-19-10-16(2)28(17(19)3)7-8-30-4/h5-6,9-12H,7-8,14H2,1-4H3/b20-12+. The van der Waals surface area contributed by atoms with E-state index < -0.39 is 5.97 Å². The van der Waals surface area contributed by atoms with Crippen LogP contribution in [0.1, 0.15) is 28.1 Å². The molecule has 7 heteroatoms. The molecule has 0 saturated heterocycles. The van der Waals surface area contributed by atoms with Crippen molar-refractivity contribution in [1.82, 2.24) is 9.55 Å². The topological polar surface area (TPSA) is 77.1 Å². The van der Waals surface area contributed by atoms with Gasteiger partial charge in [-0.1, -0.05) is 23.7 Å². The summed E-state index contributed by atoms with van der Waals surface area (Å²) in [5, 5.41) is 10.7. The van der Waals surface area contributed by atoms with Gasteiger partial charge in [0.15, 0.2) is 0 Å². The van der Waals surface area contributed by atoms with Crippen molar-refractivity contribution in [2.75, 3.05) is 13.7 Å². The van der Waals surface area contributed by atoms with Crippen molar-refractivity contribution in [3.05, 3.63) is 69.1 Å². The first-order valence-electron chi connectivity index (χ1n) is 9.84. The van der Waals surface area contributed by atoms with E-state index in [0.717, 1.165) is 33.4 Å². The molecule has 3 aromatic rings. The lowest BCUT2D eigenvalue weighted by atomic mass is 10.1. The van der Waals surface area contributed by atoms with Crippen LogP contribution in [0, 0.1) is 32.1 Å². The van der Waals surface area contributed by atoms with E-state index in [1.807, 2.05) is 57.2 Å². The third-order valence-corrected chi connectivity index (χ3v) is 5.46. The van der Waals surface area contributed by atoms with E-state index in [2.05, 4.69) is 9.55 Å². The highest BCUT2D eigenvalue weighted by atomic mass is 35.5. The lowest BCUT2D eigenvalue weighted by Gasteiger charge is -2.09. The summed E-state index contributed by atoms with van der Waals surface area (Å²) in [7, 11) is 1.65. The van der Waals surface area contributed by atoms with E-state index >= 15 is 0 Å². The van der Waals surface area contributed by atoms with Gasteiger partial charge in [0.2, 0.25) is 0 Å². The average Bonchev–Trinajstić information content (AvgIpc) is 3.01. The van der Waals surface area contributed by atoms with Crippen molar-refractivity contribution < 1.29 is 14.3 Å². The zero-order chi connectivity index (χ0) is 22.5. The maximum Gasteiger partial charge on any atom is 0.349 e. The van der Waals surface area contributed by atoms with Gasteiger partial charge < -0.3 is 14.0 Å². The molecule has 2 aromatic heterocycles. The van der Waals surface area contributed by atoms with Crippen LogP contribution < -0.4 is 0 Å². The minimum absolute atomic E-state index is 0.0691. The summed E-state index contributed by atoms with van der Waals surface area (Å²) in [6, 6.07) is 11.6. The van der Waals surface area contributed by atoms with Gasteiger partial charge in [0.25, 0.3) is 0 Å².